The second-order valence-corrected chi connectivity index (χ2v) is 4.84. The molecule has 0 radical (unpaired) electrons. The van der Waals surface area contributed by atoms with Crippen molar-refractivity contribution in [3.05, 3.63) is 0 Å². The zero-order valence-corrected chi connectivity index (χ0v) is 10.9. The molecule has 1 heterocycles. The van der Waals surface area contributed by atoms with Crippen LogP contribution in [0.3, 0.4) is 0 Å². The highest BCUT2D eigenvalue weighted by Crippen LogP contribution is 2.30. The van der Waals surface area contributed by atoms with Gasteiger partial charge in [-0.05, 0) is 26.7 Å². The summed E-state index contributed by atoms with van der Waals surface area (Å²) in [5, 5.41) is 0. The number of amides is 3. The van der Waals surface area contributed by atoms with Crippen molar-refractivity contribution < 1.29 is 9.59 Å². The van der Waals surface area contributed by atoms with Crippen LogP contribution in [0.4, 0.5) is 4.79 Å². The normalized spacial score (nSPS) is 23.2. The van der Waals surface area contributed by atoms with E-state index in [-0.39, 0.29) is 11.9 Å². The lowest BCUT2D eigenvalue weighted by Crippen LogP contribution is -2.53. The number of imide groups is 1. The van der Waals surface area contributed by atoms with Gasteiger partial charge in [-0.2, -0.15) is 0 Å². The molecule has 0 aromatic carbocycles. The van der Waals surface area contributed by atoms with Gasteiger partial charge in [-0.3, -0.25) is 9.69 Å². The van der Waals surface area contributed by atoms with Crippen LogP contribution in [0.1, 0.15) is 40.5 Å². The molecule has 1 aliphatic rings. The number of nitrogens with zero attached hydrogens (tertiary/aromatic N) is 2. The van der Waals surface area contributed by atoms with Crippen LogP contribution >= 0.6 is 0 Å². The molecule has 0 bridgehead atoms. The van der Waals surface area contributed by atoms with Gasteiger partial charge in [-0.15, -0.1) is 0 Å². The second kappa shape index (κ2) is 4.62. The molecular formula is C11H22N4O2. The van der Waals surface area contributed by atoms with Crippen LogP contribution in [0.5, 0.6) is 0 Å². The SMILES string of the molecule is CCC(N)N1C(=O)N(C(N)CC)C(C)(C)C1=O. The highest BCUT2D eigenvalue weighted by atomic mass is 16.2. The van der Waals surface area contributed by atoms with Crippen LogP contribution in [-0.4, -0.2) is 39.6 Å². The Bertz CT molecular complexity index is 329. The molecule has 4 N–H and O–H groups in total. The number of carbonyl (C=O) groups excluding carboxylic acids is 2. The maximum Gasteiger partial charge on any atom is 0.330 e. The van der Waals surface area contributed by atoms with Crippen molar-refractivity contribution >= 4 is 11.9 Å². The Hall–Kier alpha value is -1.14. The number of urea groups is 1. The van der Waals surface area contributed by atoms with Gasteiger partial charge >= 0.3 is 6.03 Å². The van der Waals surface area contributed by atoms with E-state index in [0.717, 1.165) is 4.90 Å². The van der Waals surface area contributed by atoms with Crippen molar-refractivity contribution in [2.24, 2.45) is 11.5 Å². The van der Waals surface area contributed by atoms with Gasteiger partial charge in [0.15, 0.2) is 0 Å². The molecule has 1 fully saturated rings. The summed E-state index contributed by atoms with van der Waals surface area (Å²) in [5.41, 5.74) is 10.8. The lowest BCUT2D eigenvalue weighted by atomic mass is 10.0. The van der Waals surface area contributed by atoms with Gasteiger partial charge in [-0.25, -0.2) is 9.69 Å². The van der Waals surface area contributed by atoms with E-state index in [1.165, 1.54) is 4.90 Å². The molecule has 17 heavy (non-hydrogen) atoms. The number of nitrogens with two attached hydrogens (primary N) is 2. The minimum Gasteiger partial charge on any atom is -0.311 e. The molecule has 0 aromatic heterocycles. The van der Waals surface area contributed by atoms with Crippen molar-refractivity contribution in [2.45, 2.75) is 58.4 Å². The lowest BCUT2D eigenvalue weighted by Gasteiger charge is -2.32. The zero-order chi connectivity index (χ0) is 13.4. The van der Waals surface area contributed by atoms with E-state index < -0.39 is 17.9 Å². The summed E-state index contributed by atoms with van der Waals surface area (Å²) in [5.74, 6) is -0.277. The van der Waals surface area contributed by atoms with Crippen LogP contribution in [0.25, 0.3) is 0 Å². The molecular weight excluding hydrogens is 220 g/mol. The van der Waals surface area contributed by atoms with Gasteiger partial charge in [0.1, 0.15) is 5.54 Å². The summed E-state index contributed by atoms with van der Waals surface area (Å²) in [4.78, 5) is 26.9. The fourth-order valence-corrected chi connectivity index (χ4v) is 2.05. The first-order chi connectivity index (χ1) is 7.78. The maximum absolute atomic E-state index is 12.2. The molecule has 2 atom stereocenters. The number of hydrogen-bond acceptors (Lipinski definition) is 4. The number of rotatable bonds is 4. The lowest BCUT2D eigenvalue weighted by molar-refractivity contribution is -0.133. The van der Waals surface area contributed by atoms with Crippen molar-refractivity contribution in [2.75, 3.05) is 0 Å². The first-order valence-electron chi connectivity index (χ1n) is 5.97. The first kappa shape index (κ1) is 13.9. The summed E-state index contributed by atoms with van der Waals surface area (Å²) < 4.78 is 0. The molecule has 1 rings (SSSR count). The van der Waals surface area contributed by atoms with Gasteiger partial charge in [-0.1, -0.05) is 13.8 Å². The molecule has 0 aliphatic carbocycles. The van der Waals surface area contributed by atoms with Crippen molar-refractivity contribution in [3.8, 4) is 0 Å². The summed E-state index contributed by atoms with van der Waals surface area (Å²) in [6.45, 7) is 7.11. The highest BCUT2D eigenvalue weighted by Gasteiger charge is 2.54. The Morgan fingerprint density at radius 1 is 1.12 bits per heavy atom. The topological polar surface area (TPSA) is 92.7 Å². The van der Waals surface area contributed by atoms with Gasteiger partial charge in [0.25, 0.3) is 5.91 Å². The molecule has 98 valence electrons. The Morgan fingerprint density at radius 3 is 2.00 bits per heavy atom. The summed E-state index contributed by atoms with van der Waals surface area (Å²) in [7, 11) is 0. The fraction of sp³-hybridized carbons (Fsp3) is 0.818. The molecule has 6 nitrogen and oxygen atoms in total. The molecule has 3 amide bonds. The van der Waals surface area contributed by atoms with E-state index in [0.29, 0.717) is 12.8 Å². The Balaban J connectivity index is 3.11. The fourth-order valence-electron chi connectivity index (χ4n) is 2.05. The third-order valence-electron chi connectivity index (χ3n) is 3.26. The third-order valence-corrected chi connectivity index (χ3v) is 3.26. The summed E-state index contributed by atoms with van der Waals surface area (Å²) in [6.07, 6.45) is 0.0827. The minimum atomic E-state index is -0.917. The Labute approximate surface area is 102 Å². The third kappa shape index (κ3) is 2.02. The molecule has 0 aromatic rings. The largest absolute Gasteiger partial charge is 0.330 e. The zero-order valence-electron chi connectivity index (χ0n) is 10.9. The van der Waals surface area contributed by atoms with Crippen LogP contribution in [-0.2, 0) is 4.79 Å². The van der Waals surface area contributed by atoms with Crippen LogP contribution in [0, 0.1) is 0 Å². The molecule has 0 saturated carbocycles. The standard InChI is InChI=1S/C11H22N4O2/c1-5-7(12)14-9(16)11(3,4)15(10(14)17)8(13)6-2/h7-8H,5-6,12-13H2,1-4H3. The van der Waals surface area contributed by atoms with E-state index >= 15 is 0 Å². The Kier molecular flexibility index (Phi) is 3.78. The minimum absolute atomic E-state index is 0.277. The number of hydrogen-bond donors (Lipinski definition) is 2. The highest BCUT2D eigenvalue weighted by molar-refractivity contribution is 6.06. The second-order valence-electron chi connectivity index (χ2n) is 4.84. The monoisotopic (exact) mass is 242 g/mol. The van der Waals surface area contributed by atoms with E-state index in [9.17, 15) is 9.59 Å². The van der Waals surface area contributed by atoms with E-state index in [4.69, 9.17) is 11.5 Å². The van der Waals surface area contributed by atoms with Crippen molar-refractivity contribution in [1.82, 2.24) is 9.80 Å². The van der Waals surface area contributed by atoms with Gasteiger partial charge < -0.3 is 11.5 Å². The van der Waals surface area contributed by atoms with Crippen molar-refractivity contribution in [1.29, 1.82) is 0 Å². The predicted molar refractivity (Wildman–Crippen MR) is 64.7 cm³/mol. The van der Waals surface area contributed by atoms with Crippen LogP contribution in [0.15, 0.2) is 0 Å². The smallest absolute Gasteiger partial charge is 0.311 e. The quantitative estimate of drug-likeness (QED) is 0.699. The average molecular weight is 242 g/mol. The Morgan fingerprint density at radius 2 is 1.59 bits per heavy atom. The molecule has 0 spiro atoms. The van der Waals surface area contributed by atoms with Gasteiger partial charge in [0.2, 0.25) is 0 Å². The average Bonchev–Trinajstić information content (AvgIpc) is 2.44. The van der Waals surface area contributed by atoms with Gasteiger partial charge in [0.05, 0.1) is 12.3 Å². The van der Waals surface area contributed by atoms with Gasteiger partial charge in [0, 0.05) is 0 Å². The molecule has 1 aliphatic heterocycles. The van der Waals surface area contributed by atoms with Crippen molar-refractivity contribution in [3.63, 3.8) is 0 Å². The van der Waals surface area contributed by atoms with E-state index in [2.05, 4.69) is 0 Å². The molecule has 6 heteroatoms. The number of carbonyl (C=O) groups is 2. The van der Waals surface area contributed by atoms with Crippen LogP contribution in [0.2, 0.25) is 0 Å². The van der Waals surface area contributed by atoms with E-state index in [1.807, 2.05) is 13.8 Å². The van der Waals surface area contributed by atoms with Crippen LogP contribution < -0.4 is 11.5 Å². The summed E-state index contributed by atoms with van der Waals surface area (Å²) in [6, 6.07) is -0.385. The molecule has 2 unspecified atom stereocenters. The summed E-state index contributed by atoms with van der Waals surface area (Å²) >= 11 is 0. The predicted octanol–water partition coefficient (Wildman–Crippen LogP) is 0.419. The molecule has 1 saturated heterocycles. The maximum atomic E-state index is 12.2. The van der Waals surface area contributed by atoms with E-state index in [1.54, 1.807) is 13.8 Å². The first-order valence-corrected chi connectivity index (χ1v) is 5.97.